The number of nitrogens with zero attached hydrogens (tertiary/aromatic N) is 1. The number of aromatic nitrogens is 1. The monoisotopic (exact) mass is 334 g/mol. The van der Waals surface area contributed by atoms with Crippen LogP contribution in [0.3, 0.4) is 0 Å². The molecule has 0 saturated carbocycles. The summed E-state index contributed by atoms with van der Waals surface area (Å²) in [6, 6.07) is 6.98. The molecule has 2 rings (SSSR count). The van der Waals surface area contributed by atoms with Crippen molar-refractivity contribution in [2.75, 3.05) is 7.11 Å². The van der Waals surface area contributed by atoms with Crippen LogP contribution in [0.15, 0.2) is 41.6 Å². The summed E-state index contributed by atoms with van der Waals surface area (Å²) < 4.78 is 33.7. The fourth-order valence-electron chi connectivity index (χ4n) is 2.49. The van der Waals surface area contributed by atoms with Crippen LogP contribution in [0.1, 0.15) is 30.5 Å². The van der Waals surface area contributed by atoms with Crippen LogP contribution < -0.4 is 9.46 Å². The van der Waals surface area contributed by atoms with Crippen molar-refractivity contribution < 1.29 is 13.2 Å². The Kier molecular flexibility index (Phi) is 4.77. The Morgan fingerprint density at radius 1 is 1.09 bits per heavy atom. The van der Waals surface area contributed by atoms with Crippen LogP contribution in [-0.4, -0.2) is 20.5 Å². The van der Waals surface area contributed by atoms with E-state index in [9.17, 15) is 8.42 Å². The quantitative estimate of drug-likeness (QED) is 0.913. The highest BCUT2D eigenvalue weighted by Gasteiger charge is 2.29. The molecule has 0 atom stereocenters. The summed E-state index contributed by atoms with van der Waals surface area (Å²) in [4.78, 5) is 4.23. The Morgan fingerprint density at radius 2 is 1.70 bits per heavy atom. The largest absolute Gasteiger partial charge is 0.496 e. The SMILES string of the molecule is COc1cc(C)c(S(=O)(=O)NC(C)(C)c2ccncc2)cc1C. The lowest BCUT2D eigenvalue weighted by molar-refractivity contribution is 0.410. The number of sulfonamides is 1. The van der Waals surface area contributed by atoms with E-state index in [1.54, 1.807) is 50.7 Å². The number of benzene rings is 1. The second-order valence-corrected chi connectivity index (χ2v) is 7.70. The van der Waals surface area contributed by atoms with E-state index in [2.05, 4.69) is 9.71 Å². The van der Waals surface area contributed by atoms with Gasteiger partial charge in [-0.1, -0.05) is 0 Å². The molecule has 0 amide bonds. The molecule has 0 aliphatic heterocycles. The van der Waals surface area contributed by atoms with E-state index in [4.69, 9.17) is 4.74 Å². The molecule has 0 bridgehead atoms. The third-order valence-electron chi connectivity index (χ3n) is 3.77. The second kappa shape index (κ2) is 6.29. The van der Waals surface area contributed by atoms with Gasteiger partial charge in [0.2, 0.25) is 10.0 Å². The molecule has 0 radical (unpaired) electrons. The van der Waals surface area contributed by atoms with E-state index >= 15 is 0 Å². The zero-order chi connectivity index (χ0) is 17.3. The maximum Gasteiger partial charge on any atom is 0.241 e. The maximum atomic E-state index is 12.8. The normalized spacial score (nSPS) is 12.2. The lowest BCUT2D eigenvalue weighted by Crippen LogP contribution is -2.41. The van der Waals surface area contributed by atoms with Crippen LogP contribution in [0.5, 0.6) is 5.75 Å². The summed E-state index contributed by atoms with van der Waals surface area (Å²) in [5.41, 5.74) is 1.52. The molecule has 0 aliphatic carbocycles. The number of hydrogen-bond acceptors (Lipinski definition) is 4. The fourth-order valence-corrected chi connectivity index (χ4v) is 4.21. The lowest BCUT2D eigenvalue weighted by atomic mass is 9.97. The molecule has 0 aliphatic rings. The van der Waals surface area contributed by atoms with Gasteiger partial charge >= 0.3 is 0 Å². The maximum absolute atomic E-state index is 12.8. The third kappa shape index (κ3) is 3.71. The highest BCUT2D eigenvalue weighted by atomic mass is 32.2. The van der Waals surface area contributed by atoms with E-state index in [1.165, 1.54) is 0 Å². The highest BCUT2D eigenvalue weighted by molar-refractivity contribution is 7.89. The molecular formula is C17H22N2O3S. The van der Waals surface area contributed by atoms with Crippen LogP contribution in [0.4, 0.5) is 0 Å². The first-order chi connectivity index (χ1) is 10.7. The number of methoxy groups -OCH3 is 1. The van der Waals surface area contributed by atoms with Gasteiger partial charge in [0.05, 0.1) is 17.5 Å². The molecule has 1 aromatic heterocycles. The van der Waals surface area contributed by atoms with Gasteiger partial charge in [-0.15, -0.1) is 0 Å². The molecule has 0 spiro atoms. The Bertz CT molecular complexity index is 800. The molecule has 1 heterocycles. The second-order valence-electron chi connectivity index (χ2n) is 6.05. The average Bonchev–Trinajstić information content (AvgIpc) is 2.49. The van der Waals surface area contributed by atoms with Gasteiger partial charge in [-0.05, 0) is 68.7 Å². The van der Waals surface area contributed by atoms with Crippen LogP contribution in [0.25, 0.3) is 0 Å². The lowest BCUT2D eigenvalue weighted by Gasteiger charge is -2.27. The van der Waals surface area contributed by atoms with Crippen molar-refractivity contribution in [2.24, 2.45) is 0 Å². The van der Waals surface area contributed by atoms with Crippen molar-refractivity contribution in [3.63, 3.8) is 0 Å². The van der Waals surface area contributed by atoms with E-state index in [1.807, 2.05) is 20.8 Å². The summed E-state index contributed by atoms with van der Waals surface area (Å²) in [5, 5.41) is 0. The fraction of sp³-hybridized carbons (Fsp3) is 0.353. The first-order valence-electron chi connectivity index (χ1n) is 7.27. The minimum atomic E-state index is -3.67. The third-order valence-corrected chi connectivity index (χ3v) is 5.57. The van der Waals surface area contributed by atoms with Gasteiger partial charge in [0.1, 0.15) is 5.75 Å². The summed E-state index contributed by atoms with van der Waals surface area (Å²) in [6.07, 6.45) is 3.29. The zero-order valence-electron chi connectivity index (χ0n) is 14.0. The molecule has 0 fully saturated rings. The predicted molar refractivity (Wildman–Crippen MR) is 90.1 cm³/mol. The van der Waals surface area contributed by atoms with Crippen molar-refractivity contribution in [2.45, 2.75) is 38.1 Å². The van der Waals surface area contributed by atoms with E-state index in [-0.39, 0.29) is 4.90 Å². The average molecular weight is 334 g/mol. The van der Waals surface area contributed by atoms with E-state index < -0.39 is 15.6 Å². The van der Waals surface area contributed by atoms with Crippen LogP contribution in [0.2, 0.25) is 0 Å². The Labute approximate surface area is 137 Å². The van der Waals surface area contributed by atoms with E-state index in [0.717, 1.165) is 11.1 Å². The van der Waals surface area contributed by atoms with Crippen molar-refractivity contribution in [3.05, 3.63) is 53.3 Å². The van der Waals surface area contributed by atoms with Gasteiger partial charge in [0, 0.05) is 12.4 Å². The number of rotatable bonds is 5. The van der Waals surface area contributed by atoms with Gasteiger partial charge in [0.15, 0.2) is 0 Å². The summed E-state index contributed by atoms with van der Waals surface area (Å²) >= 11 is 0. The number of nitrogens with one attached hydrogen (secondary N) is 1. The van der Waals surface area contributed by atoms with Crippen LogP contribution in [-0.2, 0) is 15.6 Å². The Morgan fingerprint density at radius 3 is 2.26 bits per heavy atom. The van der Waals surface area contributed by atoms with Crippen LogP contribution in [0, 0.1) is 13.8 Å². The Balaban J connectivity index is 2.42. The van der Waals surface area contributed by atoms with Crippen molar-refractivity contribution in [1.82, 2.24) is 9.71 Å². The number of pyridine rings is 1. The predicted octanol–water partition coefficient (Wildman–Crippen LogP) is 2.92. The van der Waals surface area contributed by atoms with Gasteiger partial charge in [-0.3, -0.25) is 4.98 Å². The number of ether oxygens (including phenoxy) is 1. The number of aryl methyl sites for hydroxylation is 2. The molecule has 0 unspecified atom stereocenters. The summed E-state index contributed by atoms with van der Waals surface area (Å²) in [5.74, 6) is 0.676. The molecule has 5 nitrogen and oxygen atoms in total. The highest BCUT2D eigenvalue weighted by Crippen LogP contribution is 2.28. The first kappa shape index (κ1) is 17.4. The molecule has 23 heavy (non-hydrogen) atoms. The molecular weight excluding hydrogens is 312 g/mol. The Hall–Kier alpha value is -1.92. The molecule has 124 valence electrons. The standard InChI is InChI=1S/C17H22N2O3S/c1-12-11-16(13(2)10-15(12)22-5)23(20,21)19-17(3,4)14-6-8-18-9-7-14/h6-11,19H,1-5H3. The topological polar surface area (TPSA) is 68.3 Å². The van der Waals surface area contributed by atoms with Gasteiger partial charge < -0.3 is 4.74 Å². The van der Waals surface area contributed by atoms with Gasteiger partial charge in [0.25, 0.3) is 0 Å². The van der Waals surface area contributed by atoms with Gasteiger partial charge in [-0.25, -0.2) is 13.1 Å². The summed E-state index contributed by atoms with van der Waals surface area (Å²) in [7, 11) is -2.10. The molecule has 2 aromatic rings. The van der Waals surface area contributed by atoms with Gasteiger partial charge in [-0.2, -0.15) is 0 Å². The van der Waals surface area contributed by atoms with Crippen molar-refractivity contribution >= 4 is 10.0 Å². The van der Waals surface area contributed by atoms with Crippen molar-refractivity contribution in [1.29, 1.82) is 0 Å². The smallest absolute Gasteiger partial charge is 0.241 e. The van der Waals surface area contributed by atoms with Crippen molar-refractivity contribution in [3.8, 4) is 5.75 Å². The van der Waals surface area contributed by atoms with Crippen LogP contribution >= 0.6 is 0 Å². The molecule has 1 N–H and O–H groups in total. The minimum absolute atomic E-state index is 0.262. The zero-order valence-corrected chi connectivity index (χ0v) is 14.9. The number of hydrogen-bond donors (Lipinski definition) is 1. The molecule has 1 aromatic carbocycles. The molecule has 6 heteroatoms. The van der Waals surface area contributed by atoms with E-state index in [0.29, 0.717) is 11.3 Å². The first-order valence-corrected chi connectivity index (χ1v) is 8.75. The molecule has 0 saturated heterocycles. The minimum Gasteiger partial charge on any atom is -0.496 e. The summed E-state index contributed by atoms with van der Waals surface area (Å²) in [6.45, 7) is 7.23.